The molecule has 1 aliphatic carbocycles. The molecule has 1 N–H and O–H groups in total. The van der Waals surface area contributed by atoms with Gasteiger partial charge in [0.2, 0.25) is 11.1 Å². The van der Waals surface area contributed by atoms with Crippen LogP contribution >= 0.6 is 11.8 Å². The topological polar surface area (TPSA) is 120 Å². The first-order chi connectivity index (χ1) is 16.7. The minimum atomic E-state index is -0.558. The number of fused-ring (bicyclic) bond motifs is 1. The lowest BCUT2D eigenvalue weighted by atomic mass is 9.73. The Hall–Kier alpha value is -3.79. The van der Waals surface area contributed by atoms with Crippen molar-refractivity contribution < 1.29 is 14.5 Å². The van der Waals surface area contributed by atoms with E-state index in [1.54, 1.807) is 28.9 Å². The van der Waals surface area contributed by atoms with E-state index in [9.17, 15) is 19.7 Å². The molecule has 0 bridgehead atoms. The van der Waals surface area contributed by atoms with E-state index < -0.39 is 11.0 Å². The molecule has 1 aliphatic heterocycles. The van der Waals surface area contributed by atoms with Gasteiger partial charge in [-0.05, 0) is 29.5 Å². The maximum Gasteiger partial charge on any atom is 0.269 e. The molecule has 1 atom stereocenters. The molecule has 0 fully saturated rings. The van der Waals surface area contributed by atoms with Crippen LogP contribution in [0, 0.1) is 15.5 Å². The monoisotopic (exact) mass is 489 g/mol. The van der Waals surface area contributed by atoms with Crippen molar-refractivity contribution >= 4 is 35.0 Å². The second-order valence-electron chi connectivity index (χ2n) is 9.45. The lowest BCUT2D eigenvalue weighted by Crippen LogP contribution is -2.36. The van der Waals surface area contributed by atoms with Gasteiger partial charge in [0, 0.05) is 35.4 Å². The predicted octanol–water partition coefficient (Wildman–Crippen LogP) is 4.82. The number of hydrogen-bond acceptors (Lipinski definition) is 8. The molecule has 0 amide bonds. The fourth-order valence-corrected chi connectivity index (χ4v) is 5.30. The molecule has 178 valence electrons. The number of anilines is 1. The Labute approximate surface area is 205 Å². The number of carbonyl (C=O) groups is 2. The van der Waals surface area contributed by atoms with Crippen LogP contribution in [0.3, 0.4) is 0 Å². The summed E-state index contributed by atoms with van der Waals surface area (Å²) < 4.78 is 1.64. The third-order valence-corrected chi connectivity index (χ3v) is 7.00. The summed E-state index contributed by atoms with van der Waals surface area (Å²) in [6, 6.07) is 14.6. The highest BCUT2D eigenvalue weighted by Crippen LogP contribution is 2.45. The van der Waals surface area contributed by atoms with Crippen molar-refractivity contribution in [2.45, 2.75) is 37.9 Å². The second-order valence-corrected chi connectivity index (χ2v) is 10.4. The molecular weight excluding hydrogens is 466 g/mol. The van der Waals surface area contributed by atoms with Crippen LogP contribution in [-0.4, -0.2) is 37.0 Å². The van der Waals surface area contributed by atoms with Crippen molar-refractivity contribution in [3.05, 3.63) is 87.1 Å². The van der Waals surface area contributed by atoms with Gasteiger partial charge in [-0.25, -0.2) is 4.68 Å². The Bertz CT molecular complexity index is 1360. The van der Waals surface area contributed by atoms with Gasteiger partial charge in [0.25, 0.3) is 5.69 Å². The predicted molar refractivity (Wildman–Crippen MR) is 131 cm³/mol. The zero-order valence-electron chi connectivity index (χ0n) is 19.2. The van der Waals surface area contributed by atoms with Crippen molar-refractivity contribution in [3.63, 3.8) is 0 Å². The van der Waals surface area contributed by atoms with Crippen molar-refractivity contribution in [1.29, 1.82) is 0 Å². The molecule has 0 spiro atoms. The molecule has 0 radical (unpaired) electrons. The molecule has 2 aliphatic rings. The highest BCUT2D eigenvalue weighted by molar-refractivity contribution is 7.99. The highest BCUT2D eigenvalue weighted by Gasteiger charge is 2.42. The van der Waals surface area contributed by atoms with Gasteiger partial charge < -0.3 is 5.32 Å². The molecule has 5 rings (SSSR count). The normalized spacial score (nSPS) is 18.5. The standard InChI is InChI=1S/C25H23N5O4S/c1-25(2)12-18-21(19(31)13-25)22(16-8-10-17(11-9-16)30(33)34)29-23(26-18)27-24(28-29)35-14-20(32)15-6-4-3-5-7-15/h3-11,22H,12-14H2,1-2H3,(H,26,27,28)/t22-/m0/s1. The summed E-state index contributed by atoms with van der Waals surface area (Å²) in [6.07, 6.45) is 1.06. The Morgan fingerprint density at radius 3 is 2.57 bits per heavy atom. The number of hydrogen-bond donors (Lipinski definition) is 1. The quantitative estimate of drug-likeness (QED) is 0.226. The minimum absolute atomic E-state index is 0.0155. The number of non-ortho nitro benzene ring substituents is 1. The van der Waals surface area contributed by atoms with E-state index in [-0.39, 0.29) is 28.4 Å². The lowest BCUT2D eigenvalue weighted by molar-refractivity contribution is -0.384. The van der Waals surface area contributed by atoms with E-state index in [4.69, 9.17) is 0 Å². The summed E-state index contributed by atoms with van der Waals surface area (Å²) in [4.78, 5) is 41.1. The molecule has 0 saturated heterocycles. The molecule has 2 aromatic carbocycles. The lowest BCUT2D eigenvalue weighted by Gasteiger charge is -2.38. The SMILES string of the molecule is CC1(C)CC(=O)C2=C(C1)Nc1nc(SCC(=O)c3ccccc3)nn1[C@H]2c1ccc([N+](=O)[O-])cc1. The van der Waals surface area contributed by atoms with Gasteiger partial charge in [0.15, 0.2) is 11.6 Å². The van der Waals surface area contributed by atoms with Crippen molar-refractivity contribution in [1.82, 2.24) is 14.8 Å². The van der Waals surface area contributed by atoms with E-state index in [1.807, 2.05) is 32.0 Å². The van der Waals surface area contributed by atoms with Gasteiger partial charge in [0.1, 0.15) is 6.04 Å². The maximum atomic E-state index is 13.3. The van der Waals surface area contributed by atoms with Crippen molar-refractivity contribution in [3.8, 4) is 0 Å². The van der Waals surface area contributed by atoms with E-state index in [2.05, 4.69) is 15.4 Å². The first-order valence-corrected chi connectivity index (χ1v) is 12.2. The van der Waals surface area contributed by atoms with Crippen LogP contribution in [0.2, 0.25) is 0 Å². The third-order valence-electron chi connectivity index (χ3n) is 6.16. The van der Waals surface area contributed by atoms with E-state index in [0.717, 1.165) is 5.70 Å². The second kappa shape index (κ2) is 8.77. The first kappa shape index (κ1) is 23.0. The van der Waals surface area contributed by atoms with Crippen LogP contribution in [0.25, 0.3) is 0 Å². The number of benzene rings is 2. The minimum Gasteiger partial charge on any atom is -0.328 e. The van der Waals surface area contributed by atoms with Gasteiger partial charge in [-0.15, -0.1) is 5.10 Å². The number of Topliss-reactive ketones (excluding diaryl/α,β-unsaturated/α-hetero) is 2. The smallest absolute Gasteiger partial charge is 0.269 e. The molecule has 9 nitrogen and oxygen atoms in total. The van der Waals surface area contributed by atoms with Gasteiger partial charge in [-0.1, -0.05) is 55.9 Å². The molecular formula is C25H23N5O4S. The number of nitro benzene ring substituents is 1. The third kappa shape index (κ3) is 4.49. The summed E-state index contributed by atoms with van der Waals surface area (Å²) in [5.74, 6) is 0.640. The van der Waals surface area contributed by atoms with E-state index in [1.165, 1.54) is 23.9 Å². The van der Waals surface area contributed by atoms with Crippen LogP contribution in [0.4, 0.5) is 11.6 Å². The zero-order valence-corrected chi connectivity index (χ0v) is 20.0. The van der Waals surface area contributed by atoms with Crippen LogP contribution in [0.15, 0.2) is 71.0 Å². The number of nitrogens with zero attached hydrogens (tertiary/aromatic N) is 4. The zero-order chi connectivity index (χ0) is 24.7. The van der Waals surface area contributed by atoms with Crippen LogP contribution in [0.1, 0.15) is 48.7 Å². The van der Waals surface area contributed by atoms with Crippen LogP contribution in [-0.2, 0) is 4.79 Å². The number of nitro groups is 1. The van der Waals surface area contributed by atoms with Crippen molar-refractivity contribution in [2.24, 2.45) is 5.41 Å². The first-order valence-electron chi connectivity index (χ1n) is 11.2. The Morgan fingerprint density at radius 1 is 1.17 bits per heavy atom. The number of ketones is 2. The summed E-state index contributed by atoms with van der Waals surface area (Å²) in [5, 5.41) is 19.5. The summed E-state index contributed by atoms with van der Waals surface area (Å²) >= 11 is 1.23. The fourth-order valence-electron chi connectivity index (χ4n) is 4.57. The summed E-state index contributed by atoms with van der Waals surface area (Å²) in [6.45, 7) is 4.10. The Kier molecular flexibility index (Phi) is 5.76. The van der Waals surface area contributed by atoms with Gasteiger partial charge >= 0.3 is 0 Å². The molecule has 1 aromatic heterocycles. The number of allylic oxidation sites excluding steroid dienone is 2. The van der Waals surface area contributed by atoms with Gasteiger partial charge in [-0.3, -0.25) is 19.7 Å². The number of thioether (sulfide) groups is 1. The van der Waals surface area contributed by atoms with E-state index >= 15 is 0 Å². The number of rotatable bonds is 6. The van der Waals surface area contributed by atoms with Crippen molar-refractivity contribution in [2.75, 3.05) is 11.1 Å². The average molecular weight is 490 g/mol. The van der Waals surface area contributed by atoms with Gasteiger partial charge in [-0.2, -0.15) is 4.98 Å². The number of aromatic nitrogens is 3. The van der Waals surface area contributed by atoms with Gasteiger partial charge in [0.05, 0.1) is 10.7 Å². The molecule has 2 heterocycles. The fraction of sp³-hybridized carbons (Fsp3) is 0.280. The molecule has 3 aromatic rings. The summed E-state index contributed by atoms with van der Waals surface area (Å²) in [5.41, 5.74) is 2.50. The highest BCUT2D eigenvalue weighted by atomic mass is 32.2. The van der Waals surface area contributed by atoms with Crippen LogP contribution in [0.5, 0.6) is 0 Å². The largest absolute Gasteiger partial charge is 0.328 e. The average Bonchev–Trinajstić information content (AvgIpc) is 3.23. The van der Waals surface area contributed by atoms with Crippen LogP contribution < -0.4 is 5.32 Å². The molecule has 35 heavy (non-hydrogen) atoms. The number of carbonyl (C=O) groups excluding carboxylic acids is 2. The molecule has 10 heteroatoms. The maximum absolute atomic E-state index is 13.3. The summed E-state index contributed by atoms with van der Waals surface area (Å²) in [7, 11) is 0. The van der Waals surface area contributed by atoms with E-state index in [0.29, 0.717) is 40.6 Å². The molecule has 0 unspecified atom stereocenters. The molecule has 0 saturated carbocycles. The Balaban J connectivity index is 1.50. The Morgan fingerprint density at radius 2 is 1.89 bits per heavy atom. The number of nitrogens with one attached hydrogen (secondary N) is 1.